The highest BCUT2D eigenvalue weighted by Crippen LogP contribution is 2.28. The van der Waals surface area contributed by atoms with Gasteiger partial charge in [-0.25, -0.2) is 0 Å². The van der Waals surface area contributed by atoms with Crippen molar-refractivity contribution in [1.82, 2.24) is 15.5 Å². The van der Waals surface area contributed by atoms with Gasteiger partial charge in [-0.3, -0.25) is 9.69 Å². The number of methoxy groups -OCH3 is 1. The maximum Gasteiger partial charge on any atom is 0.234 e. The molecule has 2 rings (SSSR count). The molecule has 1 atom stereocenters. The van der Waals surface area contributed by atoms with Crippen molar-refractivity contribution in [2.24, 2.45) is 5.92 Å². The van der Waals surface area contributed by atoms with Crippen LogP contribution in [0.2, 0.25) is 0 Å². The fourth-order valence-electron chi connectivity index (χ4n) is 2.73. The van der Waals surface area contributed by atoms with Crippen LogP contribution in [-0.2, 0) is 9.53 Å². The molecule has 2 fully saturated rings. The number of hydrogen-bond acceptors (Lipinski definition) is 4. The van der Waals surface area contributed by atoms with Gasteiger partial charge >= 0.3 is 0 Å². The summed E-state index contributed by atoms with van der Waals surface area (Å²) in [6.07, 6.45) is 5.07. The third-order valence-electron chi connectivity index (χ3n) is 3.93. The lowest BCUT2D eigenvalue weighted by Crippen LogP contribution is -2.44. The van der Waals surface area contributed by atoms with E-state index in [2.05, 4.69) is 15.5 Å². The number of nitrogens with one attached hydrogen (secondary N) is 2. The summed E-state index contributed by atoms with van der Waals surface area (Å²) in [5.74, 6) is 0.842. The van der Waals surface area contributed by atoms with Gasteiger partial charge in [0.2, 0.25) is 5.91 Å². The highest BCUT2D eigenvalue weighted by Gasteiger charge is 2.31. The summed E-state index contributed by atoms with van der Waals surface area (Å²) in [4.78, 5) is 14.3. The zero-order chi connectivity index (χ0) is 13.5. The molecule has 5 heteroatoms. The van der Waals surface area contributed by atoms with Crippen LogP contribution in [-0.4, -0.2) is 63.3 Å². The molecule has 2 N–H and O–H groups in total. The number of piperidine rings is 1. The van der Waals surface area contributed by atoms with Gasteiger partial charge < -0.3 is 15.4 Å². The Balaban J connectivity index is 1.71. The minimum atomic E-state index is 0.132. The first-order chi connectivity index (χ1) is 9.29. The first kappa shape index (κ1) is 14.8. The van der Waals surface area contributed by atoms with Gasteiger partial charge in [-0.15, -0.1) is 0 Å². The van der Waals surface area contributed by atoms with Crippen LogP contribution in [0.1, 0.15) is 25.7 Å². The molecule has 1 saturated heterocycles. The summed E-state index contributed by atoms with van der Waals surface area (Å²) in [6.45, 7) is 5.06. The van der Waals surface area contributed by atoms with Crippen molar-refractivity contribution in [1.29, 1.82) is 0 Å². The largest absolute Gasteiger partial charge is 0.383 e. The van der Waals surface area contributed by atoms with E-state index in [1.807, 2.05) is 0 Å². The summed E-state index contributed by atoms with van der Waals surface area (Å²) < 4.78 is 4.94. The Labute approximate surface area is 116 Å². The highest BCUT2D eigenvalue weighted by molar-refractivity contribution is 5.78. The van der Waals surface area contributed by atoms with Gasteiger partial charge in [-0.1, -0.05) is 0 Å². The standard InChI is InChI=1S/C14H27N3O2/c1-19-8-7-16-14(18)11-17(13-4-5-13)10-12-3-2-6-15-9-12/h12-13,15H,2-11H2,1H3,(H,16,18). The number of rotatable bonds is 8. The van der Waals surface area contributed by atoms with Gasteiger partial charge in [-0.05, 0) is 44.7 Å². The van der Waals surface area contributed by atoms with Gasteiger partial charge in [0, 0.05) is 26.2 Å². The minimum absolute atomic E-state index is 0.132. The maximum atomic E-state index is 11.9. The average molecular weight is 269 g/mol. The lowest BCUT2D eigenvalue weighted by atomic mass is 9.99. The lowest BCUT2D eigenvalue weighted by Gasteiger charge is -2.29. The quantitative estimate of drug-likeness (QED) is 0.619. The molecule has 0 radical (unpaired) electrons. The smallest absolute Gasteiger partial charge is 0.234 e. The van der Waals surface area contributed by atoms with Gasteiger partial charge in [0.15, 0.2) is 0 Å². The second-order valence-corrected chi connectivity index (χ2v) is 5.72. The molecule has 0 aromatic carbocycles. The van der Waals surface area contributed by atoms with Crippen molar-refractivity contribution in [3.05, 3.63) is 0 Å². The fourth-order valence-corrected chi connectivity index (χ4v) is 2.73. The van der Waals surface area contributed by atoms with Crippen LogP contribution in [0.15, 0.2) is 0 Å². The van der Waals surface area contributed by atoms with E-state index >= 15 is 0 Å². The molecule has 19 heavy (non-hydrogen) atoms. The zero-order valence-electron chi connectivity index (χ0n) is 12.0. The van der Waals surface area contributed by atoms with Crippen LogP contribution in [0.5, 0.6) is 0 Å². The van der Waals surface area contributed by atoms with E-state index in [0.717, 1.165) is 19.6 Å². The van der Waals surface area contributed by atoms with Gasteiger partial charge in [0.25, 0.3) is 0 Å². The van der Waals surface area contributed by atoms with E-state index in [-0.39, 0.29) is 5.91 Å². The summed E-state index contributed by atoms with van der Waals surface area (Å²) >= 11 is 0. The number of amides is 1. The lowest BCUT2D eigenvalue weighted by molar-refractivity contribution is -0.122. The van der Waals surface area contributed by atoms with Crippen LogP contribution in [0.25, 0.3) is 0 Å². The minimum Gasteiger partial charge on any atom is -0.383 e. The monoisotopic (exact) mass is 269 g/mol. The Morgan fingerprint density at radius 3 is 2.89 bits per heavy atom. The number of carbonyl (C=O) groups is 1. The predicted molar refractivity (Wildman–Crippen MR) is 75.1 cm³/mol. The van der Waals surface area contributed by atoms with E-state index in [4.69, 9.17) is 4.74 Å². The topological polar surface area (TPSA) is 53.6 Å². The van der Waals surface area contributed by atoms with E-state index in [1.165, 1.54) is 25.7 Å². The first-order valence-electron chi connectivity index (χ1n) is 7.50. The molecule has 0 spiro atoms. The Bertz CT molecular complexity index is 276. The number of carbonyl (C=O) groups excluding carboxylic acids is 1. The molecule has 1 unspecified atom stereocenters. The molecule has 0 aromatic heterocycles. The summed E-state index contributed by atoms with van der Waals surface area (Å²) in [6, 6.07) is 0.648. The number of hydrogen-bond donors (Lipinski definition) is 2. The SMILES string of the molecule is COCCNC(=O)CN(CC1CCCNC1)C1CC1. The van der Waals surface area contributed by atoms with E-state index in [1.54, 1.807) is 7.11 Å². The first-order valence-corrected chi connectivity index (χ1v) is 7.50. The Morgan fingerprint density at radius 2 is 2.26 bits per heavy atom. The predicted octanol–water partition coefficient (Wildman–Crippen LogP) is 0.213. The van der Waals surface area contributed by atoms with Crippen LogP contribution in [0.4, 0.5) is 0 Å². The second kappa shape index (κ2) is 7.82. The van der Waals surface area contributed by atoms with Crippen LogP contribution in [0, 0.1) is 5.92 Å². The van der Waals surface area contributed by atoms with Crippen molar-refractivity contribution < 1.29 is 9.53 Å². The van der Waals surface area contributed by atoms with E-state index < -0.39 is 0 Å². The molecule has 1 amide bonds. The molecular weight excluding hydrogens is 242 g/mol. The van der Waals surface area contributed by atoms with Crippen molar-refractivity contribution in [2.45, 2.75) is 31.7 Å². The maximum absolute atomic E-state index is 11.9. The normalized spacial score (nSPS) is 23.6. The van der Waals surface area contributed by atoms with E-state index in [0.29, 0.717) is 31.7 Å². The fraction of sp³-hybridized carbons (Fsp3) is 0.929. The third kappa shape index (κ3) is 5.47. The van der Waals surface area contributed by atoms with Gasteiger partial charge in [0.05, 0.1) is 13.2 Å². The van der Waals surface area contributed by atoms with Crippen molar-refractivity contribution in [3.63, 3.8) is 0 Å². The highest BCUT2D eigenvalue weighted by atomic mass is 16.5. The zero-order valence-corrected chi connectivity index (χ0v) is 12.0. The summed E-state index contributed by atoms with van der Waals surface area (Å²) in [5, 5.41) is 6.36. The Morgan fingerprint density at radius 1 is 1.42 bits per heavy atom. The molecular formula is C14H27N3O2. The summed E-state index contributed by atoms with van der Waals surface area (Å²) in [5.41, 5.74) is 0. The van der Waals surface area contributed by atoms with Crippen LogP contribution < -0.4 is 10.6 Å². The molecule has 5 nitrogen and oxygen atoms in total. The van der Waals surface area contributed by atoms with Crippen LogP contribution >= 0.6 is 0 Å². The second-order valence-electron chi connectivity index (χ2n) is 5.72. The van der Waals surface area contributed by atoms with Gasteiger partial charge in [-0.2, -0.15) is 0 Å². The Kier molecular flexibility index (Phi) is 6.07. The molecule has 2 aliphatic rings. The average Bonchev–Trinajstić information content (AvgIpc) is 3.24. The molecule has 110 valence electrons. The van der Waals surface area contributed by atoms with E-state index in [9.17, 15) is 4.79 Å². The molecule has 1 saturated carbocycles. The van der Waals surface area contributed by atoms with Crippen molar-refractivity contribution >= 4 is 5.91 Å². The van der Waals surface area contributed by atoms with Crippen LogP contribution in [0.3, 0.4) is 0 Å². The molecule has 1 heterocycles. The number of ether oxygens (including phenoxy) is 1. The molecule has 1 aliphatic carbocycles. The number of nitrogens with zero attached hydrogens (tertiary/aromatic N) is 1. The Hall–Kier alpha value is -0.650. The molecule has 0 aromatic rings. The van der Waals surface area contributed by atoms with Crippen molar-refractivity contribution in [3.8, 4) is 0 Å². The van der Waals surface area contributed by atoms with Crippen molar-refractivity contribution in [2.75, 3.05) is 46.4 Å². The third-order valence-corrected chi connectivity index (χ3v) is 3.93. The van der Waals surface area contributed by atoms with Gasteiger partial charge in [0.1, 0.15) is 0 Å². The molecule has 1 aliphatic heterocycles. The molecule has 0 bridgehead atoms. The summed E-state index contributed by atoms with van der Waals surface area (Å²) in [7, 11) is 1.65.